The molecule has 0 saturated carbocycles. The third-order valence-corrected chi connectivity index (χ3v) is 7.03. The molecule has 11 heteroatoms. The van der Waals surface area contributed by atoms with Crippen molar-refractivity contribution in [1.29, 1.82) is 0 Å². The molecule has 3 rings (SSSR count). The van der Waals surface area contributed by atoms with E-state index < -0.39 is 32.5 Å². The summed E-state index contributed by atoms with van der Waals surface area (Å²) in [6.07, 6.45) is 0. The van der Waals surface area contributed by atoms with E-state index in [2.05, 4.69) is 5.43 Å². The molecular weight excluding hydrogens is 450 g/mol. The third-order valence-electron chi connectivity index (χ3n) is 5.06. The third kappa shape index (κ3) is 5.88. The first kappa shape index (κ1) is 24.6. The predicted octanol–water partition coefficient (Wildman–Crippen LogP) is 1.24. The van der Waals surface area contributed by atoms with Crippen molar-refractivity contribution in [3.05, 3.63) is 60.2 Å². The maximum atomic E-state index is 13.8. The number of quaternary nitrogens is 1. The largest absolute Gasteiger partial charge is 0.497 e. The molecule has 1 aliphatic rings. The summed E-state index contributed by atoms with van der Waals surface area (Å²) >= 11 is 0. The fraction of sp³-hybridized carbons (Fsp3) is 0.364. The summed E-state index contributed by atoms with van der Waals surface area (Å²) in [7, 11) is -2.97. The molecule has 0 radical (unpaired) electrons. The number of methoxy groups -OCH3 is 1. The monoisotopic (exact) mass is 478 g/mol. The van der Waals surface area contributed by atoms with Crippen LogP contribution in [0, 0.1) is 0 Å². The molecule has 2 aromatic carbocycles. The van der Waals surface area contributed by atoms with Gasteiger partial charge in [0.25, 0.3) is 11.8 Å². The number of benzene rings is 2. The second-order valence-electron chi connectivity index (χ2n) is 7.40. The number of nitrogens with zero attached hydrogens (tertiary/aromatic N) is 2. The van der Waals surface area contributed by atoms with Crippen LogP contribution in [0.5, 0.6) is 5.75 Å². The number of carbonyl (C=O) groups excluding carboxylic acids is 2. The van der Waals surface area contributed by atoms with Crippen LogP contribution in [0.1, 0.15) is 12.5 Å². The molecule has 1 heterocycles. The first-order chi connectivity index (χ1) is 15.8. The van der Waals surface area contributed by atoms with Crippen LogP contribution in [0.15, 0.2) is 59.5 Å². The van der Waals surface area contributed by atoms with Gasteiger partial charge in [0.15, 0.2) is 0 Å². The van der Waals surface area contributed by atoms with Crippen molar-refractivity contribution in [1.82, 2.24) is 10.3 Å². The summed E-state index contributed by atoms with van der Waals surface area (Å²) in [5.74, 6) is -0.701. The summed E-state index contributed by atoms with van der Waals surface area (Å²) in [5.41, 5.74) is 3.05. The normalized spacial score (nSPS) is 16.0. The van der Waals surface area contributed by atoms with Gasteiger partial charge in [0.1, 0.15) is 17.3 Å². The van der Waals surface area contributed by atoms with Crippen LogP contribution in [0.2, 0.25) is 0 Å². The van der Waals surface area contributed by atoms with E-state index in [-0.39, 0.29) is 11.5 Å². The minimum atomic E-state index is -4.44. The molecule has 0 bridgehead atoms. The van der Waals surface area contributed by atoms with Gasteiger partial charge in [0.05, 0.1) is 20.3 Å². The van der Waals surface area contributed by atoms with Gasteiger partial charge >= 0.3 is 10.0 Å². The molecule has 2 aromatic rings. The molecule has 1 saturated heterocycles. The van der Waals surface area contributed by atoms with E-state index in [0.717, 1.165) is 0 Å². The number of amides is 2. The Morgan fingerprint density at radius 1 is 1.06 bits per heavy atom. The molecule has 33 heavy (non-hydrogen) atoms. The van der Waals surface area contributed by atoms with Crippen LogP contribution < -0.4 is 10.2 Å². The lowest BCUT2D eigenvalue weighted by Crippen LogP contribution is -2.66. The molecule has 0 spiro atoms. The Morgan fingerprint density at radius 2 is 1.70 bits per heavy atom. The fourth-order valence-corrected chi connectivity index (χ4v) is 4.87. The molecule has 0 aliphatic carbocycles. The lowest BCUT2D eigenvalue weighted by Gasteiger charge is -2.34. The smallest absolute Gasteiger partial charge is 0.381 e. The Kier molecular flexibility index (Phi) is 8.03. The number of ether oxygens (including phenoxy) is 2. The van der Waals surface area contributed by atoms with Crippen molar-refractivity contribution in [2.24, 2.45) is 0 Å². The highest BCUT2D eigenvalue weighted by atomic mass is 32.2. The van der Waals surface area contributed by atoms with Crippen molar-refractivity contribution in [2.75, 3.05) is 40.0 Å². The van der Waals surface area contributed by atoms with Crippen molar-refractivity contribution in [3.63, 3.8) is 0 Å². The molecule has 178 valence electrons. The van der Waals surface area contributed by atoms with Crippen LogP contribution in [-0.4, -0.2) is 69.3 Å². The zero-order chi connectivity index (χ0) is 23.9. The quantitative estimate of drug-likeness (QED) is 0.426. The van der Waals surface area contributed by atoms with Gasteiger partial charge in [-0.05, 0) is 29.8 Å². The van der Waals surface area contributed by atoms with E-state index in [1.165, 1.54) is 43.2 Å². The van der Waals surface area contributed by atoms with Gasteiger partial charge < -0.3 is 14.4 Å². The zero-order valence-electron chi connectivity index (χ0n) is 18.6. The fourth-order valence-electron chi connectivity index (χ4n) is 3.33. The molecule has 2 amide bonds. The molecule has 1 N–H and O–H groups in total. The number of nitrogens with one attached hydrogen (secondary N) is 1. The first-order valence-corrected chi connectivity index (χ1v) is 11.8. The Balaban J connectivity index is 2.03. The highest BCUT2D eigenvalue weighted by Crippen LogP contribution is 2.26. The summed E-state index contributed by atoms with van der Waals surface area (Å²) in [6, 6.07) is 14.5. The van der Waals surface area contributed by atoms with Crippen LogP contribution in [0.4, 0.5) is 0 Å². The number of morpholine rings is 1. The Morgan fingerprint density at radius 3 is 2.27 bits per heavy atom. The average Bonchev–Trinajstić information content (AvgIpc) is 2.83. The lowest BCUT2D eigenvalue weighted by atomic mass is 10.2. The summed E-state index contributed by atoms with van der Waals surface area (Å²) in [5, 5.41) is 0. The van der Waals surface area contributed by atoms with Crippen molar-refractivity contribution in [3.8, 4) is 5.75 Å². The van der Waals surface area contributed by atoms with Crippen LogP contribution in [0.25, 0.3) is 0 Å². The first-order valence-electron chi connectivity index (χ1n) is 10.4. The summed E-state index contributed by atoms with van der Waals surface area (Å²) in [6.45, 7) is 1.69. The number of carbonyl (C=O) groups is 2. The van der Waals surface area contributed by atoms with E-state index >= 15 is 0 Å². The van der Waals surface area contributed by atoms with Gasteiger partial charge in [-0.3, -0.25) is 9.59 Å². The molecule has 1 atom stereocenters. The topological polar surface area (TPSA) is 111 Å². The van der Waals surface area contributed by atoms with Crippen molar-refractivity contribution >= 4 is 21.8 Å². The van der Waals surface area contributed by atoms with Gasteiger partial charge in [-0.1, -0.05) is 30.3 Å². The predicted molar refractivity (Wildman–Crippen MR) is 118 cm³/mol. The molecule has 1 fully saturated rings. The van der Waals surface area contributed by atoms with E-state index in [0.29, 0.717) is 37.6 Å². The average molecular weight is 479 g/mol. The van der Waals surface area contributed by atoms with Crippen LogP contribution >= 0.6 is 0 Å². The number of sulfonamides is 1. The second kappa shape index (κ2) is 10.8. The number of hydrogen-bond donors (Lipinski definition) is 1. The molecule has 1 unspecified atom stereocenters. The Labute approximate surface area is 193 Å². The van der Waals surface area contributed by atoms with Crippen LogP contribution in [0.3, 0.4) is 0 Å². The van der Waals surface area contributed by atoms with Gasteiger partial charge in [-0.15, -0.1) is 0 Å². The maximum Gasteiger partial charge on any atom is 0.381 e. The highest BCUT2D eigenvalue weighted by molar-refractivity contribution is 7.85. The second-order valence-corrected chi connectivity index (χ2v) is 9.41. The standard InChI is InChI=1S/C22H27N3O7S/c1-18(26)23-25(32-17-19-6-4-3-5-7-19,16-22(27)24-12-14-31-15-13-24)33(28,29)21-10-8-20(30-2)9-11-21/h3-11H,12-17H2,1-2H3/p+1. The van der Waals surface area contributed by atoms with E-state index in [9.17, 15) is 18.0 Å². The molecular formula is C22H28N3O7S+. The Bertz CT molecular complexity index is 1060. The number of rotatable bonds is 9. The minimum Gasteiger partial charge on any atom is -0.497 e. The van der Waals surface area contributed by atoms with E-state index in [1.807, 2.05) is 6.07 Å². The van der Waals surface area contributed by atoms with Crippen molar-refractivity contribution in [2.45, 2.75) is 18.4 Å². The van der Waals surface area contributed by atoms with E-state index in [4.69, 9.17) is 14.3 Å². The molecule has 0 aromatic heterocycles. The number of hydroxylamine groups is 1. The summed E-state index contributed by atoms with van der Waals surface area (Å²) < 4.78 is 36.6. The minimum absolute atomic E-state index is 0.139. The number of hydrogen-bond acceptors (Lipinski definition) is 7. The van der Waals surface area contributed by atoms with Gasteiger partial charge in [0.2, 0.25) is 6.54 Å². The van der Waals surface area contributed by atoms with Gasteiger partial charge in [0, 0.05) is 24.2 Å². The van der Waals surface area contributed by atoms with Crippen molar-refractivity contribution < 1.29 is 36.5 Å². The zero-order valence-corrected chi connectivity index (χ0v) is 19.4. The molecule has 1 aliphatic heterocycles. The molecule has 10 nitrogen and oxygen atoms in total. The summed E-state index contributed by atoms with van der Waals surface area (Å²) in [4.78, 5) is 32.5. The van der Waals surface area contributed by atoms with Gasteiger partial charge in [-0.2, -0.15) is 18.7 Å². The SMILES string of the molecule is COc1ccc(S(=O)(=O)[N+](CC(=O)N2CCOCC2)(NC(C)=O)OCc2ccccc2)cc1. The Hall–Kier alpha value is -2.99. The lowest BCUT2D eigenvalue weighted by molar-refractivity contribution is -1.03. The van der Waals surface area contributed by atoms with Crippen LogP contribution in [-0.2, 0) is 35.8 Å². The maximum absolute atomic E-state index is 13.8. The van der Waals surface area contributed by atoms with E-state index in [1.54, 1.807) is 24.3 Å². The van der Waals surface area contributed by atoms with Gasteiger partial charge in [-0.25, -0.2) is 0 Å². The highest BCUT2D eigenvalue weighted by Gasteiger charge is 2.51.